The molecule has 0 aliphatic rings. The van der Waals surface area contributed by atoms with Gasteiger partial charge >= 0.3 is 5.00 Å². The van der Waals surface area contributed by atoms with Crippen LogP contribution in [0.2, 0.25) is 0 Å². The molecule has 0 bridgehead atoms. The number of rotatable bonds is 5. The van der Waals surface area contributed by atoms with E-state index in [9.17, 15) is 15.2 Å². The first-order valence-electron chi connectivity index (χ1n) is 8.86. The maximum absolute atomic E-state index is 13.1. The van der Waals surface area contributed by atoms with Crippen molar-refractivity contribution in [2.45, 2.75) is 0 Å². The van der Waals surface area contributed by atoms with Gasteiger partial charge in [-0.25, -0.2) is 0 Å². The first-order chi connectivity index (χ1) is 14.1. The lowest BCUT2D eigenvalue weighted by atomic mass is 9.96. The third kappa shape index (κ3) is 4.07. The highest BCUT2D eigenvalue weighted by Crippen LogP contribution is 2.39. The molecule has 0 aliphatic carbocycles. The van der Waals surface area contributed by atoms with Gasteiger partial charge in [0.2, 0.25) is 0 Å². The predicted octanol–water partition coefficient (Wildman–Crippen LogP) is 5.81. The second-order valence-corrected chi connectivity index (χ2v) is 7.39. The molecule has 5 nitrogen and oxygen atoms in total. The lowest BCUT2D eigenvalue weighted by molar-refractivity contribution is -0.380. The van der Waals surface area contributed by atoms with Crippen molar-refractivity contribution in [3.05, 3.63) is 99.9 Å². The minimum atomic E-state index is -0.421. The average molecular weight is 399 g/mol. The first kappa shape index (κ1) is 18.6. The van der Waals surface area contributed by atoms with Crippen molar-refractivity contribution >= 4 is 28.2 Å². The summed E-state index contributed by atoms with van der Waals surface area (Å²) >= 11 is 1.05. The highest BCUT2D eigenvalue weighted by atomic mass is 32.1. The van der Waals surface area contributed by atoms with Crippen LogP contribution in [0, 0.1) is 10.1 Å². The number of thiophene rings is 1. The van der Waals surface area contributed by atoms with Gasteiger partial charge in [-0.1, -0.05) is 77.7 Å². The van der Waals surface area contributed by atoms with Crippen LogP contribution in [0.3, 0.4) is 0 Å². The van der Waals surface area contributed by atoms with Crippen LogP contribution in [0.15, 0.2) is 89.9 Å². The van der Waals surface area contributed by atoms with Crippen LogP contribution in [0.4, 0.5) is 10.7 Å². The van der Waals surface area contributed by atoms with Crippen molar-refractivity contribution in [2.75, 3.05) is 0 Å². The molecule has 0 fully saturated rings. The Morgan fingerprint density at radius 1 is 0.828 bits per heavy atom. The summed E-state index contributed by atoms with van der Waals surface area (Å²) in [6.07, 6.45) is 1.58. The minimum absolute atomic E-state index is 0.0619. The van der Waals surface area contributed by atoms with Gasteiger partial charge in [0.05, 0.1) is 15.5 Å². The van der Waals surface area contributed by atoms with Crippen molar-refractivity contribution in [2.24, 2.45) is 4.99 Å². The van der Waals surface area contributed by atoms with Crippen molar-refractivity contribution in [3.63, 3.8) is 0 Å². The quantitative estimate of drug-likeness (QED) is 0.241. The molecule has 0 unspecified atom stereocenters. The molecule has 0 N–H and O–H groups in total. The minimum Gasteiger partial charge on any atom is -0.872 e. The SMILES string of the molecule is O=[N+]([O-])c1ccc(C=Nc2cc(-c3ccccc3)c([O-])c(-c3ccccc3)c2)s1. The monoisotopic (exact) mass is 399 g/mol. The Kier molecular flexibility index (Phi) is 5.18. The Bertz CT molecular complexity index is 1120. The van der Waals surface area contributed by atoms with Crippen molar-refractivity contribution in [1.82, 2.24) is 0 Å². The molecule has 0 radical (unpaired) electrons. The fourth-order valence-electron chi connectivity index (χ4n) is 3.00. The summed E-state index contributed by atoms with van der Waals surface area (Å²) in [5.41, 5.74) is 3.38. The van der Waals surface area contributed by atoms with E-state index in [1.807, 2.05) is 60.7 Å². The molecule has 0 amide bonds. The van der Waals surface area contributed by atoms with Crippen molar-refractivity contribution in [3.8, 4) is 28.0 Å². The molecule has 0 atom stereocenters. The molecule has 3 aromatic carbocycles. The van der Waals surface area contributed by atoms with Gasteiger partial charge < -0.3 is 5.11 Å². The second-order valence-electron chi connectivity index (χ2n) is 6.29. The van der Waals surface area contributed by atoms with Crippen LogP contribution in [-0.2, 0) is 0 Å². The lowest BCUT2D eigenvalue weighted by Gasteiger charge is -2.20. The largest absolute Gasteiger partial charge is 0.872 e. The Morgan fingerprint density at radius 3 is 1.86 bits per heavy atom. The molecule has 142 valence electrons. The fraction of sp³-hybridized carbons (Fsp3) is 0. The molecule has 0 aliphatic heterocycles. The Labute approximate surface area is 171 Å². The zero-order valence-electron chi connectivity index (χ0n) is 15.2. The molecule has 0 spiro atoms. The maximum Gasteiger partial charge on any atom is 0.324 e. The number of aliphatic imine (C=N–C) groups is 1. The van der Waals surface area contributed by atoms with Crippen molar-refractivity contribution < 1.29 is 10.0 Å². The van der Waals surface area contributed by atoms with E-state index >= 15 is 0 Å². The lowest BCUT2D eigenvalue weighted by Crippen LogP contribution is -1.97. The zero-order chi connectivity index (χ0) is 20.2. The van der Waals surface area contributed by atoms with Gasteiger partial charge in [-0.3, -0.25) is 15.1 Å². The van der Waals surface area contributed by atoms with E-state index in [0.29, 0.717) is 21.7 Å². The molecule has 4 rings (SSSR count). The van der Waals surface area contributed by atoms with E-state index in [1.165, 1.54) is 6.07 Å². The van der Waals surface area contributed by atoms with Crippen molar-refractivity contribution in [1.29, 1.82) is 0 Å². The van der Waals surface area contributed by atoms with Gasteiger partial charge in [-0.2, -0.15) is 0 Å². The smallest absolute Gasteiger partial charge is 0.324 e. The predicted molar refractivity (Wildman–Crippen MR) is 115 cm³/mol. The van der Waals surface area contributed by atoms with Crippen LogP contribution < -0.4 is 5.11 Å². The number of hydrogen-bond donors (Lipinski definition) is 0. The highest BCUT2D eigenvalue weighted by Gasteiger charge is 2.10. The van der Waals surface area contributed by atoms with Gasteiger partial charge in [-0.15, -0.1) is 0 Å². The summed E-state index contributed by atoms with van der Waals surface area (Å²) < 4.78 is 0. The Morgan fingerprint density at radius 2 is 1.38 bits per heavy atom. The Hall–Kier alpha value is -3.77. The molecule has 1 heterocycles. The molecule has 0 saturated carbocycles. The zero-order valence-corrected chi connectivity index (χ0v) is 16.0. The number of benzene rings is 3. The summed E-state index contributed by atoms with van der Waals surface area (Å²) in [5, 5.41) is 24.1. The van der Waals surface area contributed by atoms with E-state index in [2.05, 4.69) is 4.99 Å². The maximum atomic E-state index is 13.1. The molecule has 6 heteroatoms. The van der Waals surface area contributed by atoms with Gasteiger partial charge in [0, 0.05) is 12.3 Å². The van der Waals surface area contributed by atoms with E-state index in [0.717, 1.165) is 22.5 Å². The summed E-state index contributed by atoms with van der Waals surface area (Å²) in [7, 11) is 0. The van der Waals surface area contributed by atoms with E-state index in [1.54, 1.807) is 24.4 Å². The third-order valence-corrected chi connectivity index (χ3v) is 5.35. The van der Waals surface area contributed by atoms with Gasteiger partial charge in [0.25, 0.3) is 0 Å². The first-order valence-corrected chi connectivity index (χ1v) is 9.67. The van der Waals surface area contributed by atoms with Crippen LogP contribution in [0.1, 0.15) is 4.88 Å². The van der Waals surface area contributed by atoms with E-state index in [4.69, 9.17) is 0 Å². The third-order valence-electron chi connectivity index (χ3n) is 4.38. The topological polar surface area (TPSA) is 78.6 Å². The highest BCUT2D eigenvalue weighted by molar-refractivity contribution is 7.16. The fourth-order valence-corrected chi connectivity index (χ4v) is 3.69. The van der Waals surface area contributed by atoms with Gasteiger partial charge in [-0.05, 0) is 40.5 Å². The van der Waals surface area contributed by atoms with E-state index < -0.39 is 4.92 Å². The molecule has 29 heavy (non-hydrogen) atoms. The summed E-state index contributed by atoms with van der Waals surface area (Å²) in [5.74, 6) is -0.0619. The van der Waals surface area contributed by atoms with Gasteiger partial charge in [0.15, 0.2) is 0 Å². The van der Waals surface area contributed by atoms with E-state index in [-0.39, 0.29) is 10.8 Å². The second kappa shape index (κ2) is 8.08. The van der Waals surface area contributed by atoms with Crippen LogP contribution in [0.25, 0.3) is 22.3 Å². The number of nitro groups is 1. The van der Waals surface area contributed by atoms with Gasteiger partial charge in [0.1, 0.15) is 0 Å². The summed E-state index contributed by atoms with van der Waals surface area (Å²) in [6.45, 7) is 0. The summed E-state index contributed by atoms with van der Waals surface area (Å²) in [6, 6.07) is 25.5. The molecular weight excluding hydrogens is 384 g/mol. The Balaban J connectivity index is 1.81. The van der Waals surface area contributed by atoms with Crippen LogP contribution in [0.5, 0.6) is 5.75 Å². The normalized spacial score (nSPS) is 11.0. The molecule has 4 aromatic rings. The molecule has 0 saturated heterocycles. The number of hydrogen-bond acceptors (Lipinski definition) is 5. The summed E-state index contributed by atoms with van der Waals surface area (Å²) in [4.78, 5) is 15.6. The molecular formula is C23H15N2O3S-. The standard InChI is InChI=1S/C23H16N2O3S/c26-23-20(16-7-3-1-4-8-16)13-18(14-21(23)17-9-5-2-6-10-17)24-15-19-11-12-22(29-19)25(27)28/h1-15,26H/p-1. The average Bonchev–Trinajstić information content (AvgIpc) is 3.24. The van der Waals surface area contributed by atoms with Crippen LogP contribution >= 0.6 is 11.3 Å². The van der Waals surface area contributed by atoms with Crippen LogP contribution in [-0.4, -0.2) is 11.1 Å². The molecule has 1 aromatic heterocycles. The number of nitrogens with zero attached hydrogens (tertiary/aromatic N) is 2.